The first-order chi connectivity index (χ1) is 13.9. The molecule has 2 aromatic carbocycles. The van der Waals surface area contributed by atoms with E-state index in [0.29, 0.717) is 23.8 Å². The van der Waals surface area contributed by atoms with Gasteiger partial charge in [0.1, 0.15) is 5.75 Å². The summed E-state index contributed by atoms with van der Waals surface area (Å²) in [5.74, 6) is 1.72. The van der Waals surface area contributed by atoms with Crippen LogP contribution in [0, 0.1) is 12.8 Å². The number of sulfonamides is 1. The quantitative estimate of drug-likeness (QED) is 0.772. The van der Waals surface area contributed by atoms with Gasteiger partial charge in [0, 0.05) is 31.3 Å². The number of benzene rings is 2. The molecule has 1 N–H and O–H groups in total. The summed E-state index contributed by atoms with van der Waals surface area (Å²) in [6.45, 7) is 2.57. The first-order valence-corrected chi connectivity index (χ1v) is 10.7. The highest BCUT2D eigenvalue weighted by molar-refractivity contribution is 7.89. The van der Waals surface area contributed by atoms with Gasteiger partial charge in [-0.15, -0.1) is 0 Å². The molecule has 2 aliphatic heterocycles. The smallest absolute Gasteiger partial charge is 0.240 e. The van der Waals surface area contributed by atoms with Gasteiger partial charge in [0.2, 0.25) is 22.7 Å². The molecule has 0 spiro atoms. The minimum atomic E-state index is -3.67. The van der Waals surface area contributed by atoms with E-state index in [4.69, 9.17) is 14.2 Å². The summed E-state index contributed by atoms with van der Waals surface area (Å²) < 4.78 is 43.7. The number of ether oxygens (including phenoxy) is 3. The van der Waals surface area contributed by atoms with Crippen molar-refractivity contribution in [3.63, 3.8) is 0 Å². The fourth-order valence-electron chi connectivity index (χ4n) is 3.55. The molecule has 0 radical (unpaired) electrons. The second-order valence-electron chi connectivity index (χ2n) is 7.10. The maximum absolute atomic E-state index is 12.6. The normalized spacial score (nSPS) is 18.3. The number of nitrogens with one attached hydrogen (secondary N) is 1. The van der Waals surface area contributed by atoms with Gasteiger partial charge in [0.25, 0.3) is 0 Å². The van der Waals surface area contributed by atoms with Crippen LogP contribution in [-0.2, 0) is 14.8 Å². The van der Waals surface area contributed by atoms with Crippen LogP contribution in [0.2, 0.25) is 0 Å². The van der Waals surface area contributed by atoms with Crippen LogP contribution >= 0.6 is 0 Å². The van der Waals surface area contributed by atoms with Crippen LogP contribution in [0.5, 0.6) is 17.2 Å². The van der Waals surface area contributed by atoms with Crippen LogP contribution < -0.4 is 23.8 Å². The molecule has 2 aliphatic rings. The SMILES string of the molecule is COc1ccc(S(=O)(=O)NCC2CC(=O)N(c3ccc4c(c3)OCO4)C2)cc1C. The number of aryl methyl sites for hydroxylation is 1. The highest BCUT2D eigenvalue weighted by atomic mass is 32.2. The molecule has 1 unspecified atom stereocenters. The Kier molecular flexibility index (Phi) is 5.10. The van der Waals surface area contributed by atoms with Gasteiger partial charge >= 0.3 is 0 Å². The molecule has 0 aromatic heterocycles. The van der Waals surface area contributed by atoms with E-state index in [2.05, 4.69) is 4.72 Å². The van der Waals surface area contributed by atoms with Gasteiger partial charge < -0.3 is 19.1 Å². The maximum Gasteiger partial charge on any atom is 0.240 e. The predicted octanol–water partition coefficient (Wildman–Crippen LogP) is 2.06. The topological polar surface area (TPSA) is 94.2 Å². The standard InChI is InChI=1S/C20H22N2O6S/c1-13-7-16(4-6-17(13)26-2)29(24,25)21-10-14-8-20(23)22(11-14)15-3-5-18-19(9-15)28-12-27-18/h3-7,9,14,21H,8,10-12H2,1-2H3. The zero-order valence-corrected chi connectivity index (χ0v) is 17.0. The minimum Gasteiger partial charge on any atom is -0.496 e. The number of methoxy groups -OCH3 is 1. The number of carbonyl (C=O) groups is 1. The molecule has 1 saturated heterocycles. The van der Waals surface area contributed by atoms with Crippen LogP contribution in [0.15, 0.2) is 41.3 Å². The fraction of sp³-hybridized carbons (Fsp3) is 0.350. The zero-order valence-electron chi connectivity index (χ0n) is 16.2. The second kappa shape index (κ2) is 7.57. The highest BCUT2D eigenvalue weighted by Gasteiger charge is 2.32. The van der Waals surface area contributed by atoms with Crippen molar-refractivity contribution in [2.24, 2.45) is 5.92 Å². The summed E-state index contributed by atoms with van der Waals surface area (Å²) in [5, 5.41) is 0. The van der Waals surface area contributed by atoms with Crippen LogP contribution in [0.1, 0.15) is 12.0 Å². The number of nitrogens with zero attached hydrogens (tertiary/aromatic N) is 1. The largest absolute Gasteiger partial charge is 0.496 e. The summed E-state index contributed by atoms with van der Waals surface area (Å²) in [4.78, 5) is 14.3. The zero-order chi connectivity index (χ0) is 20.6. The summed E-state index contributed by atoms with van der Waals surface area (Å²) in [5.41, 5.74) is 1.45. The van der Waals surface area contributed by atoms with Crippen LogP contribution in [-0.4, -0.2) is 41.3 Å². The Morgan fingerprint density at radius 1 is 1.17 bits per heavy atom. The van der Waals surface area contributed by atoms with E-state index in [1.165, 1.54) is 13.2 Å². The maximum atomic E-state index is 12.6. The number of fused-ring (bicyclic) bond motifs is 1. The second-order valence-corrected chi connectivity index (χ2v) is 8.86. The summed E-state index contributed by atoms with van der Waals surface area (Å²) in [6, 6.07) is 10.1. The molecule has 9 heteroatoms. The molecule has 2 heterocycles. The molecule has 8 nitrogen and oxygen atoms in total. The summed E-state index contributed by atoms with van der Waals surface area (Å²) >= 11 is 0. The van der Waals surface area contributed by atoms with E-state index < -0.39 is 10.0 Å². The predicted molar refractivity (Wildman–Crippen MR) is 106 cm³/mol. The number of hydrogen-bond donors (Lipinski definition) is 1. The number of carbonyl (C=O) groups excluding carboxylic acids is 1. The van der Waals surface area contributed by atoms with Gasteiger partial charge in [-0.05, 0) is 48.7 Å². The first kappa shape index (κ1) is 19.5. The lowest BCUT2D eigenvalue weighted by Crippen LogP contribution is -2.31. The molecular formula is C20H22N2O6S. The Hall–Kier alpha value is -2.78. The van der Waals surface area contributed by atoms with Crippen molar-refractivity contribution < 1.29 is 27.4 Å². The van der Waals surface area contributed by atoms with Crippen molar-refractivity contribution >= 4 is 21.6 Å². The third kappa shape index (κ3) is 3.88. The van der Waals surface area contributed by atoms with E-state index in [1.54, 1.807) is 42.2 Å². The molecular weight excluding hydrogens is 396 g/mol. The molecule has 0 saturated carbocycles. The number of anilines is 1. The molecule has 2 aromatic rings. The molecule has 1 fully saturated rings. The van der Waals surface area contributed by atoms with Crippen molar-refractivity contribution in [1.82, 2.24) is 4.72 Å². The van der Waals surface area contributed by atoms with Crippen LogP contribution in [0.4, 0.5) is 5.69 Å². The van der Waals surface area contributed by atoms with Gasteiger partial charge in [-0.3, -0.25) is 4.79 Å². The average Bonchev–Trinajstić information content (AvgIpc) is 3.32. The van der Waals surface area contributed by atoms with E-state index >= 15 is 0 Å². The van der Waals surface area contributed by atoms with Crippen LogP contribution in [0.25, 0.3) is 0 Å². The minimum absolute atomic E-state index is 0.0478. The number of hydrogen-bond acceptors (Lipinski definition) is 6. The van der Waals surface area contributed by atoms with E-state index in [9.17, 15) is 13.2 Å². The van der Waals surface area contributed by atoms with Crippen molar-refractivity contribution in [1.29, 1.82) is 0 Å². The van der Waals surface area contributed by atoms with Crippen molar-refractivity contribution in [2.75, 3.05) is 31.9 Å². The van der Waals surface area contributed by atoms with Crippen LogP contribution in [0.3, 0.4) is 0 Å². The van der Waals surface area contributed by atoms with E-state index in [-0.39, 0.29) is 36.5 Å². The molecule has 29 heavy (non-hydrogen) atoms. The summed E-state index contributed by atoms with van der Waals surface area (Å²) in [6.07, 6.45) is 0.276. The lowest BCUT2D eigenvalue weighted by atomic mass is 10.1. The molecule has 154 valence electrons. The Bertz CT molecular complexity index is 1050. The average molecular weight is 418 g/mol. The Labute approximate surface area is 169 Å². The molecule has 0 aliphatic carbocycles. The lowest BCUT2D eigenvalue weighted by molar-refractivity contribution is -0.117. The van der Waals surface area contributed by atoms with Crippen molar-refractivity contribution in [3.8, 4) is 17.2 Å². The summed E-state index contributed by atoms with van der Waals surface area (Å²) in [7, 11) is -2.14. The van der Waals surface area contributed by atoms with Crippen molar-refractivity contribution in [3.05, 3.63) is 42.0 Å². The molecule has 0 bridgehead atoms. The van der Waals surface area contributed by atoms with Gasteiger partial charge in [0.05, 0.1) is 12.0 Å². The van der Waals surface area contributed by atoms with Gasteiger partial charge in [0.15, 0.2) is 11.5 Å². The number of rotatable bonds is 6. The Morgan fingerprint density at radius 3 is 2.72 bits per heavy atom. The highest BCUT2D eigenvalue weighted by Crippen LogP contribution is 2.37. The molecule has 1 atom stereocenters. The van der Waals surface area contributed by atoms with Crippen molar-refractivity contribution in [2.45, 2.75) is 18.2 Å². The van der Waals surface area contributed by atoms with Gasteiger partial charge in [-0.2, -0.15) is 0 Å². The van der Waals surface area contributed by atoms with E-state index in [1.807, 2.05) is 0 Å². The molecule has 1 amide bonds. The first-order valence-electron chi connectivity index (χ1n) is 9.22. The van der Waals surface area contributed by atoms with E-state index in [0.717, 1.165) is 11.3 Å². The molecule has 4 rings (SSSR count). The van der Waals surface area contributed by atoms with Gasteiger partial charge in [-0.1, -0.05) is 0 Å². The van der Waals surface area contributed by atoms with Gasteiger partial charge in [-0.25, -0.2) is 13.1 Å². The Balaban J connectivity index is 1.42. The number of amides is 1. The lowest BCUT2D eigenvalue weighted by Gasteiger charge is -2.17. The third-order valence-electron chi connectivity index (χ3n) is 5.11. The third-order valence-corrected chi connectivity index (χ3v) is 6.53. The fourth-order valence-corrected chi connectivity index (χ4v) is 4.75. The Morgan fingerprint density at radius 2 is 1.97 bits per heavy atom. The monoisotopic (exact) mass is 418 g/mol.